The molecule has 162 valence electrons. The summed E-state index contributed by atoms with van der Waals surface area (Å²) < 4.78 is 5.03. The number of pyridine rings is 3. The van der Waals surface area contributed by atoms with Crippen LogP contribution in [0.25, 0.3) is 33.3 Å². The molecule has 0 unspecified atom stereocenters. The van der Waals surface area contributed by atoms with Gasteiger partial charge in [-0.05, 0) is 39.0 Å². The first-order valence-corrected chi connectivity index (χ1v) is 13.2. The molecule has 32 heavy (non-hydrogen) atoms. The van der Waals surface area contributed by atoms with E-state index >= 15 is 0 Å². The van der Waals surface area contributed by atoms with Crippen molar-refractivity contribution < 1.29 is 0 Å². The Morgan fingerprint density at radius 1 is 0.969 bits per heavy atom. The second kappa shape index (κ2) is 8.64. The molecule has 6 nitrogen and oxygen atoms in total. The van der Waals surface area contributed by atoms with Crippen molar-refractivity contribution in [1.29, 1.82) is 0 Å². The highest BCUT2D eigenvalue weighted by atomic mass is 127. The van der Waals surface area contributed by atoms with Gasteiger partial charge in [0, 0.05) is 102 Å². The molecule has 0 N–H and O–H groups in total. The maximum Gasteiger partial charge on any atom is 0.275 e. The quantitative estimate of drug-likeness (QED) is 0.274. The molecular weight excluding hydrogens is 535 g/mol. The van der Waals surface area contributed by atoms with E-state index in [4.69, 9.17) is 0 Å². The molecular formula is C24H21IN4O2S. The first kappa shape index (κ1) is 22.4. The molecule has 0 amide bonds. The summed E-state index contributed by atoms with van der Waals surface area (Å²) in [4.78, 5) is 30.2. The zero-order chi connectivity index (χ0) is 23.2. The van der Waals surface area contributed by atoms with Gasteiger partial charge in [0.25, 0.3) is 11.1 Å². The third-order valence-corrected chi connectivity index (χ3v) is 7.02. The molecule has 4 rings (SSSR count). The van der Waals surface area contributed by atoms with Gasteiger partial charge >= 0.3 is 0 Å². The Kier molecular flexibility index (Phi) is 6.05. The molecule has 0 aromatic carbocycles. The lowest BCUT2D eigenvalue weighted by Gasteiger charge is -2.11. The van der Waals surface area contributed by atoms with Crippen LogP contribution >= 0.6 is 30.3 Å². The minimum absolute atomic E-state index is 0.103. The molecule has 4 aromatic rings. The molecule has 0 spiro atoms. The molecule has 0 aliphatic heterocycles. The van der Waals surface area contributed by atoms with Crippen LogP contribution in [0.2, 0.25) is 0 Å². The molecule has 0 aliphatic rings. The van der Waals surface area contributed by atoms with Crippen molar-refractivity contribution in [2.24, 2.45) is 14.1 Å². The molecule has 0 atom stereocenters. The third kappa shape index (κ3) is 3.80. The van der Waals surface area contributed by atoms with E-state index < -0.39 is 0 Å². The zero-order valence-electron chi connectivity index (χ0n) is 18.4. The van der Waals surface area contributed by atoms with Crippen LogP contribution in [0, 0.1) is 25.7 Å². The van der Waals surface area contributed by atoms with E-state index in [-0.39, 0.29) is 11.1 Å². The standard InChI is InChI=1S/C24H21IN4O2S/c1-6-7-16-12-27(4)22(30)11-18(16)20-13-28(5)24(31)23-19(20)10-21(29(23)32-25)17-8-14(2)26-15(3)9-17/h8-13H,1-5H3. The molecule has 0 radical (unpaired) electrons. The first-order valence-electron chi connectivity index (χ1n) is 9.88. The van der Waals surface area contributed by atoms with Crippen molar-refractivity contribution in [3.05, 3.63) is 74.3 Å². The van der Waals surface area contributed by atoms with Crippen LogP contribution < -0.4 is 11.1 Å². The molecule has 0 saturated carbocycles. The van der Waals surface area contributed by atoms with Crippen molar-refractivity contribution in [3.8, 4) is 34.2 Å². The van der Waals surface area contributed by atoms with Crippen LogP contribution in [0.1, 0.15) is 23.9 Å². The average Bonchev–Trinajstić information content (AvgIpc) is 3.13. The van der Waals surface area contributed by atoms with Gasteiger partial charge in [0.05, 0.1) is 5.69 Å². The van der Waals surface area contributed by atoms with Gasteiger partial charge in [-0.25, -0.2) is 0 Å². The summed E-state index contributed by atoms with van der Waals surface area (Å²) in [5, 5.41) is 0.784. The molecule has 0 fully saturated rings. The fourth-order valence-electron chi connectivity index (χ4n) is 3.95. The summed E-state index contributed by atoms with van der Waals surface area (Å²) in [6.07, 6.45) is 3.53. The SMILES string of the molecule is CC#Cc1cn(C)c(=O)cc1-c1cn(C)c(=O)c2c1cc(-c1cc(C)nc(C)c1)n2SI. The van der Waals surface area contributed by atoms with Gasteiger partial charge < -0.3 is 9.13 Å². The lowest BCUT2D eigenvalue weighted by molar-refractivity contribution is 0.855. The molecule has 8 heteroatoms. The van der Waals surface area contributed by atoms with Gasteiger partial charge in [-0.1, -0.05) is 5.92 Å². The number of aryl methyl sites for hydroxylation is 4. The average molecular weight is 556 g/mol. The minimum Gasteiger partial charge on any atom is -0.317 e. The number of halogens is 1. The molecule has 0 bridgehead atoms. The van der Waals surface area contributed by atoms with E-state index in [2.05, 4.69) is 38.0 Å². The molecule has 0 saturated heterocycles. The topological polar surface area (TPSA) is 61.8 Å². The number of hydrogen-bond acceptors (Lipinski definition) is 4. The second-order valence-electron chi connectivity index (χ2n) is 7.68. The Morgan fingerprint density at radius 2 is 1.66 bits per heavy atom. The summed E-state index contributed by atoms with van der Waals surface area (Å²) in [7, 11) is 4.88. The van der Waals surface area contributed by atoms with Gasteiger partial charge in [0.1, 0.15) is 5.52 Å². The maximum absolute atomic E-state index is 13.2. The van der Waals surface area contributed by atoms with Gasteiger partial charge in [0.2, 0.25) is 0 Å². The van der Waals surface area contributed by atoms with E-state index in [0.29, 0.717) is 11.1 Å². The summed E-state index contributed by atoms with van der Waals surface area (Å²) in [5.41, 5.74) is 6.30. The Morgan fingerprint density at radius 3 is 2.28 bits per heavy atom. The normalized spacial score (nSPS) is 10.9. The van der Waals surface area contributed by atoms with Crippen molar-refractivity contribution >= 4 is 41.2 Å². The summed E-state index contributed by atoms with van der Waals surface area (Å²) in [6, 6.07) is 7.64. The highest BCUT2D eigenvalue weighted by molar-refractivity contribution is 14.2. The molecule has 4 aromatic heterocycles. The van der Waals surface area contributed by atoms with E-state index in [1.165, 1.54) is 13.7 Å². The van der Waals surface area contributed by atoms with Crippen LogP contribution in [-0.4, -0.2) is 18.1 Å². The predicted octanol–water partition coefficient (Wildman–Crippen LogP) is 4.60. The molecule has 0 aliphatic carbocycles. The van der Waals surface area contributed by atoms with Crippen LogP contribution in [-0.2, 0) is 14.1 Å². The van der Waals surface area contributed by atoms with Gasteiger partial charge in [-0.15, -0.1) is 5.92 Å². The maximum atomic E-state index is 13.2. The van der Waals surface area contributed by atoms with E-state index in [9.17, 15) is 9.59 Å². The van der Waals surface area contributed by atoms with Crippen LogP contribution in [0.5, 0.6) is 0 Å². The fourth-order valence-corrected chi connectivity index (χ4v) is 5.65. The van der Waals surface area contributed by atoms with Crippen molar-refractivity contribution in [3.63, 3.8) is 0 Å². The Labute approximate surface area is 202 Å². The Balaban J connectivity index is 2.16. The highest BCUT2D eigenvalue weighted by Crippen LogP contribution is 2.38. The summed E-state index contributed by atoms with van der Waals surface area (Å²) in [5.74, 6) is 6.03. The second-order valence-corrected chi connectivity index (χ2v) is 9.36. The van der Waals surface area contributed by atoms with E-state index in [1.807, 2.05) is 36.0 Å². The van der Waals surface area contributed by atoms with Crippen molar-refractivity contribution in [2.45, 2.75) is 20.8 Å². The number of rotatable bonds is 3. The highest BCUT2D eigenvalue weighted by Gasteiger charge is 2.21. The van der Waals surface area contributed by atoms with E-state index in [1.54, 1.807) is 44.0 Å². The van der Waals surface area contributed by atoms with Crippen molar-refractivity contribution in [1.82, 2.24) is 18.1 Å². The lowest BCUT2D eigenvalue weighted by Crippen LogP contribution is -2.19. The fraction of sp³-hybridized carbons (Fsp3) is 0.208. The Bertz CT molecular complexity index is 1550. The number of hydrogen-bond donors (Lipinski definition) is 0. The minimum atomic E-state index is -0.132. The number of aromatic nitrogens is 4. The number of nitrogens with zero attached hydrogens (tertiary/aromatic N) is 4. The summed E-state index contributed by atoms with van der Waals surface area (Å²) >= 11 is 2.19. The number of fused-ring (bicyclic) bond motifs is 1. The van der Waals surface area contributed by atoms with Gasteiger partial charge in [-0.2, -0.15) is 0 Å². The monoisotopic (exact) mass is 556 g/mol. The van der Waals surface area contributed by atoms with Gasteiger partial charge in [-0.3, -0.25) is 18.5 Å². The lowest BCUT2D eigenvalue weighted by atomic mass is 9.99. The third-order valence-electron chi connectivity index (χ3n) is 5.32. The van der Waals surface area contributed by atoms with Crippen molar-refractivity contribution in [2.75, 3.05) is 0 Å². The zero-order valence-corrected chi connectivity index (χ0v) is 21.3. The van der Waals surface area contributed by atoms with Gasteiger partial charge in [0.15, 0.2) is 0 Å². The smallest absolute Gasteiger partial charge is 0.275 e. The predicted molar refractivity (Wildman–Crippen MR) is 140 cm³/mol. The summed E-state index contributed by atoms with van der Waals surface area (Å²) in [6.45, 7) is 5.68. The van der Waals surface area contributed by atoms with E-state index in [0.717, 1.165) is 39.2 Å². The van der Waals surface area contributed by atoms with Crippen LogP contribution in [0.15, 0.2) is 46.2 Å². The molecule has 4 heterocycles. The van der Waals surface area contributed by atoms with Crippen LogP contribution in [0.3, 0.4) is 0 Å². The largest absolute Gasteiger partial charge is 0.317 e. The van der Waals surface area contributed by atoms with Crippen LogP contribution in [0.4, 0.5) is 0 Å². The first-order chi connectivity index (χ1) is 15.2. The Hall–Kier alpha value is -2.77.